The van der Waals surface area contributed by atoms with Crippen LogP contribution in [0.15, 0.2) is 30.5 Å². The summed E-state index contributed by atoms with van der Waals surface area (Å²) in [6.45, 7) is 1.84. The lowest BCUT2D eigenvalue weighted by atomic mass is 9.98. The van der Waals surface area contributed by atoms with Gasteiger partial charge < -0.3 is 15.5 Å². The summed E-state index contributed by atoms with van der Waals surface area (Å²) in [5.41, 5.74) is 3.00. The first-order valence-corrected chi connectivity index (χ1v) is 10.3. The first kappa shape index (κ1) is 23.2. The number of likely N-dealkylation sites (tertiary alicyclic amines) is 1. The van der Waals surface area contributed by atoms with Crippen LogP contribution < -0.4 is 10.6 Å². The zero-order valence-electron chi connectivity index (χ0n) is 18.3. The van der Waals surface area contributed by atoms with Gasteiger partial charge in [0.05, 0.1) is 6.10 Å². The monoisotopic (exact) mass is 471 g/mol. The predicted octanol–water partition coefficient (Wildman–Crippen LogP) is 4.06. The number of amides is 2. The van der Waals surface area contributed by atoms with Gasteiger partial charge in [-0.15, -0.1) is 13.2 Å². The number of nitrogens with one attached hydrogen (secondary N) is 2. The third kappa shape index (κ3) is 4.99. The van der Waals surface area contributed by atoms with Crippen LogP contribution in [0, 0.1) is 18.3 Å². The summed E-state index contributed by atoms with van der Waals surface area (Å²) >= 11 is 0. The number of benzene rings is 1. The Morgan fingerprint density at radius 1 is 1.26 bits per heavy atom. The molecule has 0 radical (unpaired) electrons. The lowest BCUT2D eigenvalue weighted by Gasteiger charge is -2.19. The Morgan fingerprint density at radius 2 is 2.06 bits per heavy atom. The fourth-order valence-electron chi connectivity index (χ4n) is 3.76. The number of urea groups is 1. The van der Waals surface area contributed by atoms with Crippen molar-refractivity contribution >= 4 is 28.7 Å². The number of anilines is 2. The number of ether oxygens (including phenoxy) is 1. The van der Waals surface area contributed by atoms with E-state index in [9.17, 15) is 23.2 Å². The van der Waals surface area contributed by atoms with Crippen LogP contribution in [0.5, 0.6) is 0 Å². The summed E-state index contributed by atoms with van der Waals surface area (Å²) in [7, 11) is 1.68. The number of alkyl halides is 3. The molecule has 1 aliphatic rings. The van der Waals surface area contributed by atoms with Crippen LogP contribution in [-0.4, -0.2) is 58.5 Å². The van der Waals surface area contributed by atoms with E-state index in [1.54, 1.807) is 37.5 Å². The number of hydrogen-bond donors (Lipinski definition) is 2. The zero-order chi connectivity index (χ0) is 24.5. The summed E-state index contributed by atoms with van der Waals surface area (Å²) in [5, 5.41) is 15.8. The molecule has 0 aliphatic carbocycles. The molecule has 34 heavy (non-hydrogen) atoms. The van der Waals surface area contributed by atoms with Crippen LogP contribution >= 0.6 is 0 Å². The lowest BCUT2D eigenvalue weighted by Crippen LogP contribution is -2.35. The van der Waals surface area contributed by atoms with Gasteiger partial charge in [-0.1, -0.05) is 6.07 Å². The van der Waals surface area contributed by atoms with Gasteiger partial charge in [-0.2, -0.15) is 10.2 Å². The van der Waals surface area contributed by atoms with E-state index >= 15 is 0 Å². The summed E-state index contributed by atoms with van der Waals surface area (Å²) in [5.74, 6) is 0.377. The highest BCUT2D eigenvalue weighted by Crippen LogP contribution is 2.31. The zero-order valence-corrected chi connectivity index (χ0v) is 18.3. The number of carbonyl (C=O) groups excluding carboxylic acids is 1. The minimum absolute atomic E-state index is 0.0949. The topological polar surface area (TPSA) is 116 Å². The molecule has 0 spiro atoms. The van der Waals surface area contributed by atoms with Gasteiger partial charge >= 0.3 is 12.4 Å². The van der Waals surface area contributed by atoms with Gasteiger partial charge in [0.2, 0.25) is 5.95 Å². The molecular weight excluding hydrogens is 451 g/mol. The van der Waals surface area contributed by atoms with Gasteiger partial charge in [-0.05, 0) is 42.7 Å². The van der Waals surface area contributed by atoms with E-state index in [0.717, 1.165) is 5.56 Å². The summed E-state index contributed by atoms with van der Waals surface area (Å²) < 4.78 is 41.4. The summed E-state index contributed by atoms with van der Waals surface area (Å²) in [6, 6.07) is 8.46. The molecule has 0 bridgehead atoms. The number of nitrogens with zero attached hydrogens (tertiary/aromatic N) is 5. The molecule has 0 saturated carbocycles. The number of halogens is 3. The number of aromatic nitrogens is 3. The van der Waals surface area contributed by atoms with Crippen molar-refractivity contribution in [3.05, 3.63) is 41.7 Å². The Hall–Kier alpha value is -3.98. The molecule has 12 heteroatoms. The summed E-state index contributed by atoms with van der Waals surface area (Å²) in [6.07, 6.45) is -4.14. The first-order chi connectivity index (χ1) is 16.2. The molecule has 1 atom stereocenters. The van der Waals surface area contributed by atoms with Crippen LogP contribution in [-0.2, 0) is 4.74 Å². The van der Waals surface area contributed by atoms with Crippen LogP contribution in [0.25, 0.3) is 22.2 Å². The SMILES string of the molecule is CNc1ncc2cc(-c3cc(NC(=O)N4CC[C@H](OC(F)(F)F)C4)ccc3C)c(C#N)nc2n1. The second-order valence-corrected chi connectivity index (χ2v) is 7.73. The molecule has 3 aromatic rings. The molecule has 1 aromatic carbocycles. The van der Waals surface area contributed by atoms with Crippen molar-refractivity contribution in [2.45, 2.75) is 25.8 Å². The molecule has 4 rings (SSSR count). The van der Waals surface area contributed by atoms with Crippen molar-refractivity contribution < 1.29 is 22.7 Å². The molecule has 1 saturated heterocycles. The largest absolute Gasteiger partial charge is 0.522 e. The van der Waals surface area contributed by atoms with E-state index < -0.39 is 18.5 Å². The minimum atomic E-state index is -4.74. The molecule has 3 heterocycles. The third-order valence-corrected chi connectivity index (χ3v) is 5.41. The van der Waals surface area contributed by atoms with Crippen molar-refractivity contribution in [3.63, 3.8) is 0 Å². The number of rotatable bonds is 4. The second kappa shape index (κ2) is 9.11. The maximum Gasteiger partial charge on any atom is 0.522 e. The Kier molecular flexibility index (Phi) is 6.21. The Bertz CT molecular complexity index is 1290. The first-order valence-electron chi connectivity index (χ1n) is 10.3. The molecule has 1 fully saturated rings. The Labute approximate surface area is 192 Å². The van der Waals surface area contributed by atoms with Crippen molar-refractivity contribution in [1.82, 2.24) is 19.9 Å². The van der Waals surface area contributed by atoms with Crippen molar-refractivity contribution in [1.29, 1.82) is 5.26 Å². The van der Waals surface area contributed by atoms with Crippen molar-refractivity contribution in [2.24, 2.45) is 0 Å². The van der Waals surface area contributed by atoms with Crippen LogP contribution in [0.1, 0.15) is 17.7 Å². The normalized spacial score (nSPS) is 15.9. The minimum Gasteiger partial charge on any atom is -0.357 e. The van der Waals surface area contributed by atoms with E-state index in [0.29, 0.717) is 33.8 Å². The number of nitriles is 1. The standard InChI is InChI=1S/C22H20F3N7O2/c1-12-3-4-14(29-21(33)32-6-5-15(11-32)34-22(23,24)25)8-16(12)17-7-13-10-28-20(27-2)31-19(13)30-18(17)9-26/h3-4,7-8,10,15H,5-6,11H2,1-2H3,(H,29,33)(H,27,28,30,31)/t15-/m0/s1. The number of pyridine rings is 1. The van der Waals surface area contributed by atoms with E-state index in [-0.39, 0.29) is 25.2 Å². The highest BCUT2D eigenvalue weighted by molar-refractivity contribution is 5.92. The third-order valence-electron chi connectivity index (χ3n) is 5.41. The number of aryl methyl sites for hydroxylation is 1. The highest BCUT2D eigenvalue weighted by atomic mass is 19.4. The average Bonchev–Trinajstić information content (AvgIpc) is 3.26. The van der Waals surface area contributed by atoms with Crippen LogP contribution in [0.4, 0.5) is 29.6 Å². The van der Waals surface area contributed by atoms with Crippen molar-refractivity contribution in [2.75, 3.05) is 30.8 Å². The molecule has 2 amide bonds. The number of fused-ring (bicyclic) bond motifs is 1. The maximum atomic E-state index is 12.6. The van der Waals surface area contributed by atoms with E-state index in [2.05, 4.69) is 36.4 Å². The quantitative estimate of drug-likeness (QED) is 0.590. The molecule has 2 aromatic heterocycles. The lowest BCUT2D eigenvalue weighted by molar-refractivity contribution is -0.340. The Morgan fingerprint density at radius 3 is 2.76 bits per heavy atom. The summed E-state index contributed by atoms with van der Waals surface area (Å²) in [4.78, 5) is 26.7. The van der Waals surface area contributed by atoms with Gasteiger partial charge in [-0.3, -0.25) is 4.74 Å². The Balaban J connectivity index is 1.59. The van der Waals surface area contributed by atoms with E-state index in [4.69, 9.17) is 0 Å². The molecule has 9 nitrogen and oxygen atoms in total. The number of hydrogen-bond acceptors (Lipinski definition) is 7. The highest BCUT2D eigenvalue weighted by Gasteiger charge is 2.37. The maximum absolute atomic E-state index is 12.6. The van der Waals surface area contributed by atoms with Gasteiger partial charge in [0.15, 0.2) is 11.3 Å². The van der Waals surface area contributed by atoms with E-state index in [1.165, 1.54) is 4.90 Å². The van der Waals surface area contributed by atoms with Crippen molar-refractivity contribution in [3.8, 4) is 17.2 Å². The molecular formula is C22H20F3N7O2. The van der Waals surface area contributed by atoms with Crippen LogP contribution in [0.3, 0.4) is 0 Å². The van der Waals surface area contributed by atoms with Gasteiger partial charge in [0.25, 0.3) is 0 Å². The van der Waals surface area contributed by atoms with Gasteiger partial charge in [0, 0.05) is 43.0 Å². The molecule has 176 valence electrons. The smallest absolute Gasteiger partial charge is 0.357 e. The average molecular weight is 471 g/mol. The fourth-order valence-corrected chi connectivity index (χ4v) is 3.76. The van der Waals surface area contributed by atoms with E-state index in [1.807, 2.05) is 6.92 Å². The molecule has 1 aliphatic heterocycles. The molecule has 0 unspecified atom stereocenters. The van der Waals surface area contributed by atoms with Crippen LogP contribution in [0.2, 0.25) is 0 Å². The molecule has 2 N–H and O–H groups in total. The number of carbonyl (C=O) groups is 1. The predicted molar refractivity (Wildman–Crippen MR) is 118 cm³/mol. The second-order valence-electron chi connectivity index (χ2n) is 7.73. The van der Waals surface area contributed by atoms with Gasteiger partial charge in [0.1, 0.15) is 6.07 Å². The fraction of sp³-hybridized carbons (Fsp3) is 0.318. The van der Waals surface area contributed by atoms with Gasteiger partial charge in [-0.25, -0.2) is 14.8 Å².